The molecule has 17 nitrogen and oxygen atoms in total. The maximum Gasteiger partial charge on any atom is 0.472 e. The zero-order valence-electron chi connectivity index (χ0n) is 65.1. The highest BCUT2D eigenvalue weighted by molar-refractivity contribution is 7.47. The first-order chi connectivity index (χ1) is 47.6. The van der Waals surface area contributed by atoms with Crippen LogP contribution in [0.5, 0.6) is 0 Å². The highest BCUT2D eigenvalue weighted by atomic mass is 31.2. The van der Waals surface area contributed by atoms with E-state index in [1.165, 1.54) is 205 Å². The average Bonchev–Trinajstić information content (AvgIpc) is 2.88. The zero-order chi connectivity index (χ0) is 73.1. The SMILES string of the molecule is CC(C)CCCCCCCCCCCCCCCCCCCCC(=O)OC[C@H](COP(=O)(O)OC[C@@H](O)COP(=O)(O)OC[C@@H](COC(=O)CCCCCCCCC(C)C)OC(=O)CCCCCCCCCCCCCC(C)C)OC(=O)CCCCCCCCCCCCCCC(C)C. The van der Waals surface area contributed by atoms with Gasteiger partial charge in [0.25, 0.3) is 0 Å². The summed E-state index contributed by atoms with van der Waals surface area (Å²) in [6.07, 6.45) is 55.7. The lowest BCUT2D eigenvalue weighted by Gasteiger charge is -2.21. The number of hydrogen-bond acceptors (Lipinski definition) is 15. The highest BCUT2D eigenvalue weighted by Crippen LogP contribution is 2.45. The van der Waals surface area contributed by atoms with Gasteiger partial charge in [-0.3, -0.25) is 37.3 Å². The molecule has 588 valence electrons. The van der Waals surface area contributed by atoms with Gasteiger partial charge in [0.05, 0.1) is 26.4 Å². The molecule has 19 heteroatoms. The average molecular weight is 1450 g/mol. The van der Waals surface area contributed by atoms with Gasteiger partial charge in [-0.15, -0.1) is 0 Å². The number of aliphatic hydroxyl groups is 1. The maximum absolute atomic E-state index is 13.1. The Hall–Kier alpha value is -1.94. The van der Waals surface area contributed by atoms with Crippen LogP contribution in [0.3, 0.4) is 0 Å². The molecule has 0 bridgehead atoms. The van der Waals surface area contributed by atoms with Crippen LogP contribution in [0.2, 0.25) is 0 Å². The van der Waals surface area contributed by atoms with Gasteiger partial charge in [-0.1, -0.05) is 357 Å². The molecular formula is C80H156O17P2. The molecule has 0 rings (SSSR count). The lowest BCUT2D eigenvalue weighted by molar-refractivity contribution is -0.161. The summed E-state index contributed by atoms with van der Waals surface area (Å²) >= 11 is 0. The van der Waals surface area contributed by atoms with Gasteiger partial charge >= 0.3 is 39.5 Å². The molecule has 0 spiro atoms. The van der Waals surface area contributed by atoms with Crippen molar-refractivity contribution in [2.45, 2.75) is 427 Å². The molecule has 0 saturated carbocycles. The first kappa shape index (κ1) is 97.1. The predicted octanol–water partition coefficient (Wildman–Crippen LogP) is 23.6. The molecule has 0 aliphatic heterocycles. The summed E-state index contributed by atoms with van der Waals surface area (Å²) in [6, 6.07) is 0. The van der Waals surface area contributed by atoms with Crippen LogP contribution in [-0.4, -0.2) is 96.7 Å². The molecule has 0 amide bonds. The van der Waals surface area contributed by atoms with Crippen LogP contribution >= 0.6 is 15.6 Å². The van der Waals surface area contributed by atoms with Gasteiger partial charge in [-0.2, -0.15) is 0 Å². The number of aliphatic hydroxyl groups excluding tert-OH is 1. The first-order valence-electron chi connectivity index (χ1n) is 41.2. The number of hydrogen-bond donors (Lipinski definition) is 3. The summed E-state index contributed by atoms with van der Waals surface area (Å²) in [5, 5.41) is 10.6. The Kier molecular flexibility index (Phi) is 67.8. The molecule has 0 radical (unpaired) electrons. The van der Waals surface area contributed by atoms with Crippen LogP contribution in [-0.2, 0) is 65.4 Å². The van der Waals surface area contributed by atoms with Gasteiger partial charge < -0.3 is 33.8 Å². The summed E-state index contributed by atoms with van der Waals surface area (Å²) in [5.41, 5.74) is 0. The number of unbranched alkanes of at least 4 members (excludes halogenated alkanes) is 43. The van der Waals surface area contributed by atoms with Crippen molar-refractivity contribution in [1.82, 2.24) is 0 Å². The van der Waals surface area contributed by atoms with Crippen molar-refractivity contribution in [3.63, 3.8) is 0 Å². The lowest BCUT2D eigenvalue weighted by Crippen LogP contribution is -2.30. The Bertz CT molecular complexity index is 1940. The van der Waals surface area contributed by atoms with E-state index in [1.807, 2.05) is 0 Å². The van der Waals surface area contributed by atoms with Crippen LogP contribution in [0, 0.1) is 23.7 Å². The summed E-state index contributed by atoms with van der Waals surface area (Å²) in [5.74, 6) is 0.927. The quantitative estimate of drug-likeness (QED) is 0.0222. The standard InChI is InChI=1S/C80H156O17P2/c1-70(2)56-48-40-32-26-20-15-13-11-9-10-12-14-16-23-29-35-44-52-60-77(82)90-66-75(96-79(84)62-54-46-36-30-24-18-17-21-27-33-41-49-57-71(3)4)68-94-98(86,87)92-64-74(81)65-93-99(88,89)95-69-76(67-91-78(83)61-53-45-39-38-43-51-59-73(7)8)97-80(85)63-55-47-37-31-25-19-22-28-34-42-50-58-72(5)6/h70-76,81H,9-69H2,1-8H3,(H,86,87)(H,88,89)/t74-,75-,76-/m1/s1. The molecule has 0 heterocycles. The molecule has 99 heavy (non-hydrogen) atoms. The Morgan fingerprint density at radius 2 is 0.424 bits per heavy atom. The largest absolute Gasteiger partial charge is 0.472 e. The van der Waals surface area contributed by atoms with E-state index in [4.69, 9.17) is 37.0 Å². The number of carbonyl (C=O) groups is 4. The van der Waals surface area contributed by atoms with E-state index < -0.39 is 97.5 Å². The van der Waals surface area contributed by atoms with Gasteiger partial charge in [0.15, 0.2) is 12.2 Å². The van der Waals surface area contributed by atoms with Crippen molar-refractivity contribution in [1.29, 1.82) is 0 Å². The molecule has 0 fully saturated rings. The van der Waals surface area contributed by atoms with Gasteiger partial charge in [0.2, 0.25) is 0 Å². The summed E-state index contributed by atoms with van der Waals surface area (Å²) in [6.45, 7) is 14.2. The number of ether oxygens (including phenoxy) is 4. The molecule has 0 aliphatic carbocycles. The molecule has 0 aliphatic rings. The molecule has 5 atom stereocenters. The Morgan fingerprint density at radius 3 is 0.626 bits per heavy atom. The highest BCUT2D eigenvalue weighted by Gasteiger charge is 2.30. The van der Waals surface area contributed by atoms with Gasteiger partial charge in [0, 0.05) is 25.7 Å². The van der Waals surface area contributed by atoms with Crippen LogP contribution in [0.4, 0.5) is 0 Å². The predicted molar refractivity (Wildman–Crippen MR) is 404 cm³/mol. The Morgan fingerprint density at radius 1 is 0.253 bits per heavy atom. The van der Waals surface area contributed by atoms with Crippen LogP contribution < -0.4 is 0 Å². The van der Waals surface area contributed by atoms with Crippen LogP contribution in [0.15, 0.2) is 0 Å². The van der Waals surface area contributed by atoms with Gasteiger partial charge in [-0.05, 0) is 49.4 Å². The number of phosphoric ester groups is 2. The van der Waals surface area contributed by atoms with E-state index in [1.54, 1.807) is 0 Å². The number of rotatable bonds is 77. The fraction of sp³-hybridized carbons (Fsp3) is 0.950. The van der Waals surface area contributed by atoms with Crippen molar-refractivity contribution in [2.24, 2.45) is 23.7 Å². The molecular weight excluding hydrogens is 1290 g/mol. The number of carbonyl (C=O) groups excluding carboxylic acids is 4. The van der Waals surface area contributed by atoms with E-state index in [-0.39, 0.29) is 25.7 Å². The monoisotopic (exact) mass is 1450 g/mol. The first-order valence-corrected chi connectivity index (χ1v) is 44.2. The minimum Gasteiger partial charge on any atom is -0.462 e. The van der Waals surface area contributed by atoms with E-state index in [0.29, 0.717) is 31.6 Å². The minimum absolute atomic E-state index is 0.105. The fourth-order valence-electron chi connectivity index (χ4n) is 12.3. The zero-order valence-corrected chi connectivity index (χ0v) is 66.9. The smallest absolute Gasteiger partial charge is 0.462 e. The van der Waals surface area contributed by atoms with Crippen molar-refractivity contribution in [2.75, 3.05) is 39.6 Å². The van der Waals surface area contributed by atoms with Crippen LogP contribution in [0.1, 0.15) is 409 Å². The number of esters is 4. The topological polar surface area (TPSA) is 237 Å². The molecule has 0 aromatic carbocycles. The lowest BCUT2D eigenvalue weighted by atomic mass is 10.0. The van der Waals surface area contributed by atoms with E-state index in [2.05, 4.69) is 55.4 Å². The third-order valence-electron chi connectivity index (χ3n) is 18.6. The molecule has 0 aromatic heterocycles. The summed E-state index contributed by atoms with van der Waals surface area (Å²) in [4.78, 5) is 72.9. The van der Waals surface area contributed by atoms with Crippen molar-refractivity contribution in [3.8, 4) is 0 Å². The Balaban J connectivity index is 5.20. The maximum atomic E-state index is 13.1. The van der Waals surface area contributed by atoms with Crippen molar-refractivity contribution >= 4 is 39.5 Å². The molecule has 3 N–H and O–H groups in total. The van der Waals surface area contributed by atoms with E-state index in [0.717, 1.165) is 114 Å². The second-order valence-electron chi connectivity index (χ2n) is 30.7. The molecule has 0 saturated heterocycles. The van der Waals surface area contributed by atoms with Gasteiger partial charge in [-0.25, -0.2) is 9.13 Å². The number of phosphoric acid groups is 2. The minimum atomic E-state index is -4.96. The second-order valence-corrected chi connectivity index (χ2v) is 33.6. The summed E-state index contributed by atoms with van der Waals surface area (Å²) < 4.78 is 68.6. The van der Waals surface area contributed by atoms with Crippen molar-refractivity contribution in [3.05, 3.63) is 0 Å². The summed E-state index contributed by atoms with van der Waals surface area (Å²) in [7, 11) is -9.92. The third kappa shape index (κ3) is 74.1. The Labute approximate surface area is 607 Å². The van der Waals surface area contributed by atoms with Crippen LogP contribution in [0.25, 0.3) is 0 Å². The van der Waals surface area contributed by atoms with Gasteiger partial charge in [0.1, 0.15) is 19.3 Å². The normalized spacial score (nSPS) is 14.1. The van der Waals surface area contributed by atoms with Crippen molar-refractivity contribution < 1.29 is 80.2 Å². The van der Waals surface area contributed by atoms with E-state index in [9.17, 15) is 43.2 Å². The third-order valence-corrected chi connectivity index (χ3v) is 20.5. The second kappa shape index (κ2) is 69.1. The molecule has 2 unspecified atom stereocenters. The van der Waals surface area contributed by atoms with E-state index >= 15 is 0 Å². The molecule has 0 aromatic rings. The fourth-order valence-corrected chi connectivity index (χ4v) is 13.8.